The molecule has 0 aromatic heterocycles. The number of carbonyl (C=O) groups excluding carboxylic acids is 2. The van der Waals surface area contributed by atoms with Crippen molar-refractivity contribution in [3.63, 3.8) is 0 Å². The fourth-order valence-corrected chi connectivity index (χ4v) is 3.20. The Bertz CT molecular complexity index is 709. The average Bonchev–Trinajstić information content (AvgIpc) is 2.58. The molecule has 0 saturated heterocycles. The van der Waals surface area contributed by atoms with E-state index in [0.29, 0.717) is 24.4 Å². The third-order valence-electron chi connectivity index (χ3n) is 4.89. The van der Waals surface area contributed by atoms with E-state index in [4.69, 9.17) is 11.6 Å². The molecule has 1 aliphatic rings. The number of benzene rings is 1. The Labute approximate surface area is 158 Å². The van der Waals surface area contributed by atoms with Crippen LogP contribution in [-0.2, 0) is 9.59 Å². The number of nitrogens with one attached hydrogen (secondary N) is 2. The van der Waals surface area contributed by atoms with Gasteiger partial charge in [-0.2, -0.15) is 0 Å². The first kappa shape index (κ1) is 20.2. The van der Waals surface area contributed by atoms with E-state index < -0.39 is 17.4 Å². The summed E-state index contributed by atoms with van der Waals surface area (Å²) in [6.07, 6.45) is 2.25. The van der Waals surface area contributed by atoms with Crippen molar-refractivity contribution in [2.24, 2.45) is 11.8 Å². The van der Waals surface area contributed by atoms with Gasteiger partial charge in [0.05, 0.1) is 10.6 Å². The molecule has 1 aromatic carbocycles. The van der Waals surface area contributed by atoms with Crippen LogP contribution in [0.15, 0.2) is 18.2 Å². The summed E-state index contributed by atoms with van der Waals surface area (Å²) in [5.41, 5.74) is -0.684. The van der Waals surface area contributed by atoms with Crippen LogP contribution in [0.1, 0.15) is 56.8 Å². The smallest absolute Gasteiger partial charge is 0.329 e. The topological polar surface area (TPSA) is 95.5 Å². The Morgan fingerprint density at radius 3 is 2.38 bits per heavy atom. The highest BCUT2D eigenvalue weighted by molar-refractivity contribution is 6.34. The van der Waals surface area contributed by atoms with Crippen molar-refractivity contribution in [3.8, 4) is 0 Å². The van der Waals surface area contributed by atoms with Crippen molar-refractivity contribution < 1.29 is 19.5 Å². The molecule has 0 unspecified atom stereocenters. The highest BCUT2D eigenvalue weighted by Crippen LogP contribution is 2.33. The number of anilines is 1. The third-order valence-corrected chi connectivity index (χ3v) is 5.22. The fraction of sp³-hybridized carbons (Fsp3) is 0.526. The zero-order chi connectivity index (χ0) is 19.5. The number of carboxylic acid groups (broad SMARTS) is 1. The highest BCUT2D eigenvalue weighted by atomic mass is 35.5. The molecule has 3 N–H and O–H groups in total. The normalized spacial score (nSPS) is 22.7. The van der Waals surface area contributed by atoms with Gasteiger partial charge in [0.25, 0.3) is 5.91 Å². The van der Waals surface area contributed by atoms with Gasteiger partial charge in [0.15, 0.2) is 0 Å². The number of amides is 2. The molecule has 7 heteroatoms. The quantitative estimate of drug-likeness (QED) is 0.725. The molecule has 0 aliphatic heterocycles. The molecule has 0 atom stereocenters. The number of hydrogen-bond acceptors (Lipinski definition) is 3. The van der Waals surface area contributed by atoms with E-state index in [1.807, 2.05) is 0 Å². The fourth-order valence-electron chi connectivity index (χ4n) is 3.00. The Morgan fingerprint density at radius 2 is 1.85 bits per heavy atom. The molecular weight excluding hydrogens is 356 g/mol. The van der Waals surface area contributed by atoms with Crippen LogP contribution in [0.3, 0.4) is 0 Å². The minimum Gasteiger partial charge on any atom is -0.480 e. The van der Waals surface area contributed by atoms with Gasteiger partial charge in [0.2, 0.25) is 5.91 Å². The van der Waals surface area contributed by atoms with E-state index in [1.54, 1.807) is 19.9 Å². The van der Waals surface area contributed by atoms with Crippen LogP contribution in [0.4, 0.5) is 5.69 Å². The lowest BCUT2D eigenvalue weighted by Gasteiger charge is -2.36. The number of carbonyl (C=O) groups is 3. The van der Waals surface area contributed by atoms with Gasteiger partial charge in [0.1, 0.15) is 5.54 Å². The predicted octanol–water partition coefficient (Wildman–Crippen LogP) is 3.70. The molecule has 2 amide bonds. The summed E-state index contributed by atoms with van der Waals surface area (Å²) in [6.45, 7) is 5.60. The van der Waals surface area contributed by atoms with E-state index in [0.717, 1.165) is 12.8 Å². The Kier molecular flexibility index (Phi) is 6.29. The summed E-state index contributed by atoms with van der Waals surface area (Å²) in [4.78, 5) is 36.4. The summed E-state index contributed by atoms with van der Waals surface area (Å²) < 4.78 is 0. The second kappa shape index (κ2) is 8.08. The maximum Gasteiger partial charge on any atom is 0.329 e. The first-order valence-electron chi connectivity index (χ1n) is 8.81. The molecule has 1 aliphatic carbocycles. The molecule has 26 heavy (non-hydrogen) atoms. The molecule has 0 radical (unpaired) electrons. The first-order chi connectivity index (χ1) is 12.1. The third kappa shape index (κ3) is 4.55. The van der Waals surface area contributed by atoms with Crippen LogP contribution in [0.2, 0.25) is 5.02 Å². The van der Waals surface area contributed by atoms with Crippen molar-refractivity contribution in [1.29, 1.82) is 0 Å². The zero-order valence-electron chi connectivity index (χ0n) is 15.3. The van der Waals surface area contributed by atoms with Crippen LogP contribution in [0.25, 0.3) is 0 Å². The number of carboxylic acids is 1. The van der Waals surface area contributed by atoms with Gasteiger partial charge in [-0.3, -0.25) is 9.59 Å². The van der Waals surface area contributed by atoms with E-state index in [9.17, 15) is 19.5 Å². The summed E-state index contributed by atoms with van der Waals surface area (Å²) in [5.74, 6) is -1.52. The number of aliphatic carboxylic acids is 1. The molecule has 0 bridgehead atoms. The van der Waals surface area contributed by atoms with Crippen LogP contribution >= 0.6 is 11.6 Å². The van der Waals surface area contributed by atoms with Crippen molar-refractivity contribution in [2.45, 2.75) is 52.0 Å². The van der Waals surface area contributed by atoms with Crippen LogP contribution in [0, 0.1) is 11.8 Å². The van der Waals surface area contributed by atoms with Gasteiger partial charge in [-0.05, 0) is 49.8 Å². The van der Waals surface area contributed by atoms with Gasteiger partial charge in [-0.1, -0.05) is 32.4 Å². The number of hydrogen-bond donors (Lipinski definition) is 3. The maximum atomic E-state index is 12.7. The van der Waals surface area contributed by atoms with Gasteiger partial charge in [-0.15, -0.1) is 0 Å². The molecular formula is C19H25ClN2O4. The predicted molar refractivity (Wildman–Crippen MR) is 100 cm³/mol. The monoisotopic (exact) mass is 380 g/mol. The van der Waals surface area contributed by atoms with Crippen LogP contribution in [-0.4, -0.2) is 28.4 Å². The molecule has 6 nitrogen and oxygen atoms in total. The standard InChI is InChI=1S/C19H25ClN2O4/c1-11(2)16(23)21-13-4-5-15(20)14(10-13)17(24)22-19(18(25)26)8-6-12(3)7-9-19/h4-5,10-12H,6-9H2,1-3H3,(H,21,23)(H,22,24)(H,25,26). The highest BCUT2D eigenvalue weighted by Gasteiger charge is 2.42. The van der Waals surface area contributed by atoms with Gasteiger partial charge >= 0.3 is 5.97 Å². The van der Waals surface area contributed by atoms with Gasteiger partial charge in [-0.25, -0.2) is 4.79 Å². The van der Waals surface area contributed by atoms with Crippen molar-refractivity contribution >= 4 is 35.1 Å². The second-order valence-corrected chi connectivity index (χ2v) is 7.77. The maximum absolute atomic E-state index is 12.7. The molecule has 1 saturated carbocycles. The summed E-state index contributed by atoms with van der Waals surface area (Å²) >= 11 is 6.14. The van der Waals surface area contributed by atoms with Crippen LogP contribution < -0.4 is 10.6 Å². The van der Waals surface area contributed by atoms with Gasteiger partial charge < -0.3 is 15.7 Å². The van der Waals surface area contributed by atoms with E-state index in [1.165, 1.54) is 12.1 Å². The SMILES string of the molecule is CC1CCC(NC(=O)c2cc(NC(=O)C(C)C)ccc2Cl)(C(=O)O)CC1. The molecule has 1 fully saturated rings. The minimum absolute atomic E-state index is 0.146. The Morgan fingerprint density at radius 1 is 1.23 bits per heavy atom. The van der Waals surface area contributed by atoms with Gasteiger partial charge in [0, 0.05) is 11.6 Å². The van der Waals surface area contributed by atoms with E-state index >= 15 is 0 Å². The zero-order valence-corrected chi connectivity index (χ0v) is 16.0. The summed E-state index contributed by atoms with van der Waals surface area (Å²) in [7, 11) is 0. The summed E-state index contributed by atoms with van der Waals surface area (Å²) in [6, 6.07) is 4.59. The molecule has 2 rings (SSSR count). The number of rotatable bonds is 5. The largest absolute Gasteiger partial charge is 0.480 e. The van der Waals surface area contributed by atoms with Crippen molar-refractivity contribution in [2.75, 3.05) is 5.32 Å². The molecule has 0 spiro atoms. The molecule has 142 valence electrons. The van der Waals surface area contributed by atoms with Crippen molar-refractivity contribution in [3.05, 3.63) is 28.8 Å². The molecule has 0 heterocycles. The van der Waals surface area contributed by atoms with Crippen LogP contribution in [0.5, 0.6) is 0 Å². The lowest BCUT2D eigenvalue weighted by molar-refractivity contribution is -0.146. The lowest BCUT2D eigenvalue weighted by Crippen LogP contribution is -2.56. The van der Waals surface area contributed by atoms with Crippen molar-refractivity contribution in [1.82, 2.24) is 5.32 Å². The lowest BCUT2D eigenvalue weighted by atomic mass is 9.77. The summed E-state index contributed by atoms with van der Waals surface area (Å²) in [5, 5.41) is 15.3. The number of halogens is 1. The minimum atomic E-state index is -1.27. The van der Waals surface area contributed by atoms with E-state index in [-0.39, 0.29) is 22.4 Å². The Hall–Kier alpha value is -2.08. The molecule has 1 aromatic rings. The Balaban J connectivity index is 2.22. The average molecular weight is 381 g/mol. The van der Waals surface area contributed by atoms with E-state index in [2.05, 4.69) is 17.6 Å². The first-order valence-corrected chi connectivity index (χ1v) is 9.19. The second-order valence-electron chi connectivity index (χ2n) is 7.36.